The molecule has 11 nitrogen and oxygen atoms in total. The molecule has 3 N–H and O–H groups in total. The van der Waals surface area contributed by atoms with Crippen LogP contribution in [0.2, 0.25) is 0 Å². The highest BCUT2D eigenvalue weighted by Gasteiger charge is 2.18. The van der Waals surface area contributed by atoms with Crippen molar-refractivity contribution in [3.8, 4) is 33.8 Å². The number of fused-ring (bicyclic) bond motifs is 2. The highest BCUT2D eigenvalue weighted by atomic mass is 32.2. The molecule has 1 aromatic carbocycles. The summed E-state index contributed by atoms with van der Waals surface area (Å²) in [5.74, 6) is 0.0127. The quantitative estimate of drug-likeness (QED) is 0.223. The van der Waals surface area contributed by atoms with Gasteiger partial charge in [-0.1, -0.05) is 6.42 Å². The van der Waals surface area contributed by atoms with Gasteiger partial charge in [0.15, 0.2) is 11.5 Å². The summed E-state index contributed by atoms with van der Waals surface area (Å²) < 4.78 is 40.1. The zero-order chi connectivity index (χ0) is 30.3. The Bertz CT molecular complexity index is 2100. The third-order valence-electron chi connectivity index (χ3n) is 7.83. The maximum Gasteiger partial charge on any atom is 0.209 e. The summed E-state index contributed by atoms with van der Waals surface area (Å²) in [7, 11) is -3.44. The molecule has 6 heterocycles. The summed E-state index contributed by atoms with van der Waals surface area (Å²) in [5, 5.41) is 8.31. The van der Waals surface area contributed by atoms with E-state index in [1.54, 1.807) is 18.5 Å². The Balaban J connectivity index is 1.23. The first-order valence-corrected chi connectivity index (χ1v) is 16.3. The monoisotopic (exact) mass is 611 g/mol. The summed E-state index contributed by atoms with van der Waals surface area (Å²) >= 11 is 0. The molecule has 0 atom stereocenters. The van der Waals surface area contributed by atoms with Crippen LogP contribution in [0.1, 0.15) is 30.4 Å². The van der Waals surface area contributed by atoms with E-state index in [2.05, 4.69) is 45.8 Å². The van der Waals surface area contributed by atoms with Crippen LogP contribution in [0.15, 0.2) is 61.3 Å². The third kappa shape index (κ3) is 5.94. The van der Waals surface area contributed by atoms with Crippen molar-refractivity contribution in [3.63, 3.8) is 0 Å². The first-order chi connectivity index (χ1) is 21.3. The lowest BCUT2D eigenvalue weighted by molar-refractivity contribution is 0.220. The fourth-order valence-corrected chi connectivity index (χ4v) is 6.16. The number of nitrogens with zero attached hydrogens (tertiary/aromatic N) is 6. The first kappa shape index (κ1) is 28.2. The molecule has 1 aliphatic heterocycles. The topological polar surface area (TPSA) is 145 Å². The van der Waals surface area contributed by atoms with Gasteiger partial charge in [-0.15, -0.1) is 0 Å². The molecule has 0 spiro atoms. The minimum Gasteiger partial charge on any atom is -0.335 e. The predicted molar refractivity (Wildman–Crippen MR) is 166 cm³/mol. The van der Waals surface area contributed by atoms with Crippen LogP contribution in [0.3, 0.4) is 0 Å². The van der Waals surface area contributed by atoms with Crippen molar-refractivity contribution in [3.05, 3.63) is 78.3 Å². The lowest BCUT2D eigenvalue weighted by Gasteiger charge is -2.26. The van der Waals surface area contributed by atoms with Crippen LogP contribution in [-0.4, -0.2) is 67.8 Å². The summed E-state index contributed by atoms with van der Waals surface area (Å²) in [6.07, 6.45) is 13.7. The molecular weight excluding hydrogens is 581 g/mol. The van der Waals surface area contributed by atoms with Crippen LogP contribution in [0.4, 0.5) is 4.39 Å². The number of benzene rings is 1. The number of nitrogens with one attached hydrogen (secondary N) is 3. The molecule has 6 aromatic rings. The summed E-state index contributed by atoms with van der Waals surface area (Å²) in [6, 6.07) is 8.59. The Morgan fingerprint density at radius 1 is 0.909 bits per heavy atom. The molecule has 0 aliphatic carbocycles. The number of halogens is 1. The number of rotatable bonds is 8. The lowest BCUT2D eigenvalue weighted by Crippen LogP contribution is -2.29. The maximum atomic E-state index is 14.6. The number of hydrogen-bond acceptors (Lipinski definition) is 8. The zero-order valence-corrected chi connectivity index (χ0v) is 24.8. The van der Waals surface area contributed by atoms with E-state index < -0.39 is 15.8 Å². The third-order valence-corrected chi connectivity index (χ3v) is 8.49. The molecule has 0 bridgehead atoms. The Morgan fingerprint density at radius 2 is 1.70 bits per heavy atom. The second kappa shape index (κ2) is 11.5. The van der Waals surface area contributed by atoms with E-state index in [9.17, 15) is 12.8 Å². The van der Waals surface area contributed by atoms with Crippen molar-refractivity contribution in [2.45, 2.75) is 32.4 Å². The van der Waals surface area contributed by atoms with Crippen LogP contribution < -0.4 is 4.72 Å². The van der Waals surface area contributed by atoms with Gasteiger partial charge in [0.05, 0.1) is 28.9 Å². The van der Waals surface area contributed by atoms with E-state index in [4.69, 9.17) is 4.98 Å². The molecule has 1 fully saturated rings. The molecule has 13 heteroatoms. The number of H-pyrrole nitrogens is 2. The van der Waals surface area contributed by atoms with E-state index in [1.807, 2.05) is 24.7 Å². The van der Waals surface area contributed by atoms with Crippen LogP contribution >= 0.6 is 0 Å². The number of aromatic nitrogens is 7. The largest absolute Gasteiger partial charge is 0.335 e. The van der Waals surface area contributed by atoms with Crippen LogP contribution in [-0.2, 0) is 23.1 Å². The van der Waals surface area contributed by atoms with Gasteiger partial charge in [0.25, 0.3) is 0 Å². The Morgan fingerprint density at radius 3 is 2.55 bits per heavy atom. The SMILES string of the molecule is CS(=O)(=O)NCc1cc(F)cc(-c2cncc3[nH]c(-c4n[nH]c5ncc(-c6cncc(CN7CCCCC7)c6)cc45)nc23)c1. The van der Waals surface area contributed by atoms with Gasteiger partial charge in [-0.25, -0.2) is 27.5 Å². The highest BCUT2D eigenvalue weighted by molar-refractivity contribution is 7.88. The molecule has 1 saturated heterocycles. The normalized spacial score (nSPS) is 14.5. The molecule has 1 aliphatic rings. The summed E-state index contributed by atoms with van der Waals surface area (Å²) in [6.45, 7) is 3.07. The number of hydrogen-bond donors (Lipinski definition) is 3. The Hall–Kier alpha value is -4.59. The van der Waals surface area contributed by atoms with Gasteiger partial charge in [-0.3, -0.25) is 20.0 Å². The van der Waals surface area contributed by atoms with E-state index >= 15 is 0 Å². The van der Waals surface area contributed by atoms with Crippen molar-refractivity contribution in [1.82, 2.24) is 44.7 Å². The van der Waals surface area contributed by atoms with Crippen molar-refractivity contribution < 1.29 is 12.8 Å². The van der Waals surface area contributed by atoms with Gasteiger partial charge in [0, 0.05) is 54.6 Å². The average molecular weight is 612 g/mol. The van der Waals surface area contributed by atoms with Crippen LogP contribution in [0.25, 0.3) is 55.8 Å². The van der Waals surface area contributed by atoms with E-state index in [0.29, 0.717) is 44.9 Å². The zero-order valence-electron chi connectivity index (χ0n) is 24.0. The van der Waals surface area contributed by atoms with E-state index in [0.717, 1.165) is 42.4 Å². The van der Waals surface area contributed by atoms with Gasteiger partial charge in [0.2, 0.25) is 10.0 Å². The van der Waals surface area contributed by atoms with Crippen molar-refractivity contribution in [1.29, 1.82) is 0 Å². The summed E-state index contributed by atoms with van der Waals surface area (Å²) in [5.41, 5.74) is 7.10. The van der Waals surface area contributed by atoms with E-state index in [-0.39, 0.29) is 6.54 Å². The molecule has 5 aromatic heterocycles. The smallest absolute Gasteiger partial charge is 0.209 e. The number of piperidine rings is 1. The molecule has 0 amide bonds. The molecule has 0 saturated carbocycles. The number of pyridine rings is 3. The molecule has 0 radical (unpaired) electrons. The average Bonchev–Trinajstić information content (AvgIpc) is 3.64. The Labute approximate surface area is 253 Å². The highest BCUT2D eigenvalue weighted by Crippen LogP contribution is 2.33. The van der Waals surface area contributed by atoms with E-state index in [1.165, 1.54) is 37.0 Å². The van der Waals surface area contributed by atoms with Gasteiger partial charge in [0.1, 0.15) is 11.5 Å². The molecular formula is C31H30FN9O2S. The first-order valence-electron chi connectivity index (χ1n) is 14.4. The fraction of sp³-hybridized carbons (Fsp3) is 0.258. The molecule has 44 heavy (non-hydrogen) atoms. The van der Waals surface area contributed by atoms with Crippen molar-refractivity contribution in [2.75, 3.05) is 19.3 Å². The number of sulfonamides is 1. The number of imidazole rings is 1. The van der Waals surface area contributed by atoms with Crippen molar-refractivity contribution in [2.24, 2.45) is 0 Å². The standard InChI is InChI=1S/C31H30FN9O2S/c1-44(42,43)36-13-19-7-21(10-24(32)9-19)26-16-34-17-27-28(26)38-31(37-27)29-25-11-23(15-35-30(25)40-39-29)22-8-20(12-33-14-22)18-41-5-3-2-4-6-41/h7-12,14-17,36H,2-6,13,18H2,1H3,(H,37,38)(H,35,39,40). The van der Waals surface area contributed by atoms with Gasteiger partial charge < -0.3 is 4.98 Å². The molecule has 0 unspecified atom stereocenters. The lowest BCUT2D eigenvalue weighted by atomic mass is 10.0. The minimum absolute atomic E-state index is 0.0376. The van der Waals surface area contributed by atoms with Gasteiger partial charge in [-0.2, -0.15) is 5.10 Å². The fourth-order valence-electron chi connectivity index (χ4n) is 5.73. The minimum atomic E-state index is -3.44. The predicted octanol–water partition coefficient (Wildman–Crippen LogP) is 4.80. The number of likely N-dealkylation sites (tertiary alicyclic amines) is 1. The Kier molecular flexibility index (Phi) is 7.36. The molecule has 224 valence electrons. The van der Waals surface area contributed by atoms with Gasteiger partial charge >= 0.3 is 0 Å². The van der Waals surface area contributed by atoms with Crippen LogP contribution in [0, 0.1) is 5.82 Å². The summed E-state index contributed by atoms with van der Waals surface area (Å²) in [4.78, 5) is 24.1. The second-order valence-electron chi connectivity index (χ2n) is 11.2. The molecule has 7 rings (SSSR count). The second-order valence-corrected chi connectivity index (χ2v) is 13.1. The van der Waals surface area contributed by atoms with Crippen molar-refractivity contribution >= 4 is 32.1 Å². The van der Waals surface area contributed by atoms with Crippen LogP contribution in [0.5, 0.6) is 0 Å². The number of aromatic amines is 2. The van der Waals surface area contributed by atoms with Gasteiger partial charge in [-0.05, 0) is 73.0 Å². The maximum absolute atomic E-state index is 14.6.